The van der Waals surface area contributed by atoms with Crippen molar-refractivity contribution < 1.29 is 36.7 Å². The van der Waals surface area contributed by atoms with Gasteiger partial charge >= 0.3 is 0 Å². The van der Waals surface area contributed by atoms with Gasteiger partial charge in [0.05, 0.1) is 31.7 Å². The summed E-state index contributed by atoms with van der Waals surface area (Å²) >= 11 is 0. The fourth-order valence-electron chi connectivity index (χ4n) is 4.63. The molecular formula is C28H33N3O8S. The molecule has 214 valence electrons. The third-order valence-electron chi connectivity index (χ3n) is 6.78. The number of nitrogens with one attached hydrogen (secondary N) is 2. The van der Waals surface area contributed by atoms with Crippen LogP contribution in [0.3, 0.4) is 0 Å². The predicted molar refractivity (Wildman–Crippen MR) is 147 cm³/mol. The number of fused-ring (bicyclic) bond motifs is 1. The highest BCUT2D eigenvalue weighted by Gasteiger charge is 2.34. The van der Waals surface area contributed by atoms with E-state index in [1.807, 2.05) is 19.1 Å². The number of ether oxygens (including phenoxy) is 2. The monoisotopic (exact) mass is 571 g/mol. The zero-order valence-corrected chi connectivity index (χ0v) is 23.5. The van der Waals surface area contributed by atoms with Crippen molar-refractivity contribution in [3.63, 3.8) is 0 Å². The molecule has 1 aromatic heterocycles. The first-order valence-electron chi connectivity index (χ1n) is 13.0. The number of ketones is 1. The molecule has 0 bridgehead atoms. The van der Waals surface area contributed by atoms with E-state index in [0.717, 1.165) is 9.69 Å². The molecule has 2 heterocycles. The molecule has 3 aromatic rings. The highest BCUT2D eigenvalue weighted by atomic mass is 32.2. The van der Waals surface area contributed by atoms with Gasteiger partial charge in [-0.3, -0.25) is 14.4 Å². The SMILES string of the molecule is CCC[C@H](NC(=O)c1cc2ccccc2o1)C(=O)NC1CCCN(S(=O)(=O)c2ccc(OC)c(OC)c2)CC1=O. The number of sulfonamides is 1. The molecule has 0 aliphatic carbocycles. The second kappa shape index (κ2) is 12.5. The van der Waals surface area contributed by atoms with E-state index in [0.29, 0.717) is 30.6 Å². The van der Waals surface area contributed by atoms with E-state index in [2.05, 4.69) is 10.6 Å². The summed E-state index contributed by atoms with van der Waals surface area (Å²) in [6, 6.07) is 11.2. The maximum Gasteiger partial charge on any atom is 0.287 e. The fourth-order valence-corrected chi connectivity index (χ4v) is 6.09. The summed E-state index contributed by atoms with van der Waals surface area (Å²) in [6.45, 7) is 1.59. The van der Waals surface area contributed by atoms with Gasteiger partial charge in [-0.05, 0) is 43.5 Å². The molecule has 1 unspecified atom stereocenters. The minimum Gasteiger partial charge on any atom is -0.493 e. The van der Waals surface area contributed by atoms with Crippen LogP contribution >= 0.6 is 0 Å². The van der Waals surface area contributed by atoms with E-state index in [4.69, 9.17) is 13.9 Å². The van der Waals surface area contributed by atoms with E-state index in [1.54, 1.807) is 18.2 Å². The van der Waals surface area contributed by atoms with E-state index < -0.39 is 46.2 Å². The summed E-state index contributed by atoms with van der Waals surface area (Å²) < 4.78 is 43.8. The van der Waals surface area contributed by atoms with Crippen molar-refractivity contribution in [2.24, 2.45) is 0 Å². The summed E-state index contributed by atoms with van der Waals surface area (Å²) in [4.78, 5) is 39.1. The largest absolute Gasteiger partial charge is 0.493 e. The van der Waals surface area contributed by atoms with E-state index in [1.165, 1.54) is 32.4 Å². The molecule has 1 fully saturated rings. The van der Waals surface area contributed by atoms with Crippen LogP contribution in [0.25, 0.3) is 11.0 Å². The third-order valence-corrected chi connectivity index (χ3v) is 8.62. The molecule has 2 atom stereocenters. The Hall–Kier alpha value is -3.90. The number of furan rings is 1. The lowest BCUT2D eigenvalue weighted by Crippen LogP contribution is -2.52. The number of para-hydroxylation sites is 1. The number of hydrogen-bond donors (Lipinski definition) is 2. The van der Waals surface area contributed by atoms with Crippen molar-refractivity contribution in [3.05, 3.63) is 54.3 Å². The molecular weight excluding hydrogens is 538 g/mol. The van der Waals surface area contributed by atoms with E-state index >= 15 is 0 Å². The Morgan fingerprint density at radius 1 is 1.10 bits per heavy atom. The number of nitrogens with zero attached hydrogens (tertiary/aromatic N) is 1. The Kier molecular flexibility index (Phi) is 9.10. The number of methoxy groups -OCH3 is 2. The topological polar surface area (TPSA) is 144 Å². The lowest BCUT2D eigenvalue weighted by molar-refractivity contribution is -0.128. The Labute approximate surface area is 232 Å². The van der Waals surface area contributed by atoms with Crippen LogP contribution in [-0.4, -0.2) is 69.7 Å². The lowest BCUT2D eigenvalue weighted by atomic mass is 10.1. The molecule has 11 nitrogen and oxygen atoms in total. The molecule has 1 saturated heterocycles. The molecule has 0 radical (unpaired) electrons. The predicted octanol–water partition coefficient (Wildman–Crippen LogP) is 2.89. The first kappa shape index (κ1) is 29.1. The third kappa shape index (κ3) is 6.28. The van der Waals surface area contributed by atoms with Gasteiger partial charge in [0.15, 0.2) is 23.0 Å². The van der Waals surface area contributed by atoms with E-state index in [-0.39, 0.29) is 29.4 Å². The van der Waals surface area contributed by atoms with Crippen molar-refractivity contribution in [2.75, 3.05) is 27.3 Å². The Balaban J connectivity index is 1.43. The van der Waals surface area contributed by atoms with Crippen LogP contribution in [0.5, 0.6) is 11.5 Å². The van der Waals surface area contributed by atoms with Gasteiger partial charge in [-0.2, -0.15) is 4.31 Å². The van der Waals surface area contributed by atoms with Gasteiger partial charge in [0.1, 0.15) is 11.6 Å². The zero-order valence-electron chi connectivity index (χ0n) is 22.6. The summed E-state index contributed by atoms with van der Waals surface area (Å²) in [5.74, 6) is -0.776. The van der Waals surface area contributed by atoms with Crippen LogP contribution in [0.4, 0.5) is 0 Å². The second-order valence-electron chi connectivity index (χ2n) is 9.49. The van der Waals surface area contributed by atoms with Crippen LogP contribution in [0.15, 0.2) is 57.8 Å². The molecule has 2 N–H and O–H groups in total. The number of benzene rings is 2. The number of Topliss-reactive ketones (excluding diaryl/α,β-unsaturated/α-hetero) is 1. The molecule has 12 heteroatoms. The first-order valence-corrected chi connectivity index (χ1v) is 14.5. The maximum atomic E-state index is 13.3. The van der Waals surface area contributed by atoms with Crippen LogP contribution in [-0.2, 0) is 19.6 Å². The van der Waals surface area contributed by atoms with Crippen molar-refractivity contribution in [2.45, 2.75) is 49.6 Å². The number of rotatable bonds is 10. The van der Waals surface area contributed by atoms with E-state index in [9.17, 15) is 22.8 Å². The summed E-state index contributed by atoms with van der Waals surface area (Å²) in [5.41, 5.74) is 0.556. The smallest absolute Gasteiger partial charge is 0.287 e. The number of amides is 2. The number of carbonyl (C=O) groups excluding carboxylic acids is 3. The van der Waals surface area contributed by atoms with Gasteiger partial charge in [-0.25, -0.2) is 8.42 Å². The Morgan fingerprint density at radius 2 is 1.85 bits per heavy atom. The van der Waals surface area contributed by atoms with Gasteiger partial charge in [-0.1, -0.05) is 31.5 Å². The van der Waals surface area contributed by atoms with Crippen molar-refractivity contribution in [1.82, 2.24) is 14.9 Å². The van der Waals surface area contributed by atoms with Gasteiger partial charge in [0.2, 0.25) is 15.9 Å². The summed E-state index contributed by atoms with van der Waals surface area (Å²) in [5, 5.41) is 6.20. The van der Waals surface area contributed by atoms with Crippen LogP contribution < -0.4 is 20.1 Å². The van der Waals surface area contributed by atoms with Crippen molar-refractivity contribution >= 4 is 38.6 Å². The van der Waals surface area contributed by atoms with Crippen LogP contribution in [0.2, 0.25) is 0 Å². The van der Waals surface area contributed by atoms with Crippen molar-refractivity contribution in [1.29, 1.82) is 0 Å². The van der Waals surface area contributed by atoms with Crippen molar-refractivity contribution in [3.8, 4) is 11.5 Å². The normalized spacial score (nSPS) is 17.2. The quantitative estimate of drug-likeness (QED) is 0.378. The minimum atomic E-state index is -4.01. The Morgan fingerprint density at radius 3 is 2.55 bits per heavy atom. The van der Waals surface area contributed by atoms with Gasteiger partial charge < -0.3 is 24.5 Å². The fraction of sp³-hybridized carbons (Fsp3) is 0.393. The lowest BCUT2D eigenvalue weighted by Gasteiger charge is -2.22. The molecule has 1 aliphatic heterocycles. The number of hydrogen-bond acceptors (Lipinski definition) is 8. The molecule has 0 saturated carbocycles. The minimum absolute atomic E-state index is 0.0308. The molecule has 4 rings (SSSR count). The van der Waals surface area contributed by atoms with Crippen LogP contribution in [0.1, 0.15) is 43.2 Å². The van der Waals surface area contributed by atoms with Crippen LogP contribution in [0, 0.1) is 0 Å². The molecule has 2 aromatic carbocycles. The second-order valence-corrected chi connectivity index (χ2v) is 11.4. The molecule has 1 aliphatic rings. The maximum absolute atomic E-state index is 13.3. The summed E-state index contributed by atoms with van der Waals surface area (Å²) in [6.07, 6.45) is 1.57. The number of carbonyl (C=O) groups is 3. The molecule has 40 heavy (non-hydrogen) atoms. The van der Waals surface area contributed by atoms with Gasteiger partial charge in [-0.15, -0.1) is 0 Å². The average Bonchev–Trinajstić information content (AvgIpc) is 3.31. The van der Waals surface area contributed by atoms with Gasteiger partial charge in [0.25, 0.3) is 5.91 Å². The Bertz CT molecular complexity index is 1470. The zero-order chi connectivity index (χ0) is 28.9. The summed E-state index contributed by atoms with van der Waals surface area (Å²) in [7, 11) is -1.16. The highest BCUT2D eigenvalue weighted by molar-refractivity contribution is 7.89. The standard InChI is InChI=1S/C28H33N3O8S/c1-4-8-21(30-28(34)26-15-18-9-5-6-11-23(18)39-26)27(33)29-20-10-7-14-31(17-22(20)32)40(35,36)19-12-13-24(37-2)25(16-19)38-3/h5-6,9,11-13,15-16,20-21H,4,7-8,10,14,17H2,1-3H3,(H,29,33)(H,30,34)/t20?,21-/m0/s1. The average molecular weight is 572 g/mol. The molecule has 2 amide bonds. The first-order chi connectivity index (χ1) is 19.2. The molecule has 0 spiro atoms. The van der Waals surface area contributed by atoms with Gasteiger partial charge in [0, 0.05) is 18.0 Å². The highest BCUT2D eigenvalue weighted by Crippen LogP contribution is 2.31.